The zero-order valence-electron chi connectivity index (χ0n) is 20.1. The highest BCUT2D eigenvalue weighted by Gasteiger charge is 2.29. The summed E-state index contributed by atoms with van der Waals surface area (Å²) in [4.78, 5) is 24.4. The van der Waals surface area contributed by atoms with E-state index in [2.05, 4.69) is 22.5 Å². The molecule has 0 spiro atoms. The topological polar surface area (TPSA) is 93.4 Å². The Bertz CT molecular complexity index is 1060. The summed E-state index contributed by atoms with van der Waals surface area (Å²) in [6.07, 6.45) is -4.86. The van der Waals surface area contributed by atoms with Gasteiger partial charge in [0.25, 0.3) is 5.91 Å². The van der Waals surface area contributed by atoms with Crippen molar-refractivity contribution in [2.45, 2.75) is 58.2 Å². The van der Waals surface area contributed by atoms with E-state index >= 15 is 0 Å². The van der Waals surface area contributed by atoms with Gasteiger partial charge in [-0.05, 0) is 69.7 Å². The maximum Gasteiger partial charge on any atom is 0.401 e. The molecule has 0 heterocycles. The number of nitrogens with one attached hydrogen (secondary N) is 2. The first kappa shape index (κ1) is 27.9. The monoisotopic (exact) mass is 489 g/mol. The molecule has 2 rings (SSSR count). The molecule has 0 fully saturated rings. The fourth-order valence-electron chi connectivity index (χ4n) is 3.17. The van der Waals surface area contributed by atoms with E-state index in [1.54, 1.807) is 55.5 Å². The predicted molar refractivity (Wildman–Crippen MR) is 127 cm³/mol. The Hall–Kier alpha value is -3.35. The molecule has 0 aromatic heterocycles. The SMILES string of the molecule is CC(OC(C)(C)C)C(NC(=O)c1ccc(C#Cc2ccc(CNCC(F)(F)F)cc2)cc1)C(N)=O. The van der Waals surface area contributed by atoms with Crippen molar-refractivity contribution in [2.75, 3.05) is 6.54 Å². The first-order chi connectivity index (χ1) is 16.2. The van der Waals surface area contributed by atoms with E-state index in [4.69, 9.17) is 10.5 Å². The van der Waals surface area contributed by atoms with Gasteiger partial charge in [0.05, 0.1) is 18.2 Å². The van der Waals surface area contributed by atoms with Crippen molar-refractivity contribution in [1.29, 1.82) is 0 Å². The molecule has 2 unspecified atom stereocenters. The summed E-state index contributed by atoms with van der Waals surface area (Å²) in [5.41, 5.74) is 7.35. The number of nitrogens with two attached hydrogens (primary N) is 1. The van der Waals surface area contributed by atoms with E-state index < -0.39 is 42.3 Å². The van der Waals surface area contributed by atoms with E-state index in [0.717, 1.165) is 0 Å². The second kappa shape index (κ2) is 11.9. The molecule has 0 radical (unpaired) electrons. The molecule has 0 aliphatic carbocycles. The van der Waals surface area contributed by atoms with Gasteiger partial charge in [-0.3, -0.25) is 9.59 Å². The number of carbonyl (C=O) groups excluding carboxylic acids is 2. The molecule has 6 nitrogen and oxygen atoms in total. The predicted octanol–water partition coefficient (Wildman–Crippen LogP) is 3.53. The first-order valence-corrected chi connectivity index (χ1v) is 11.0. The molecule has 0 saturated carbocycles. The van der Waals surface area contributed by atoms with Crippen LogP contribution in [0.25, 0.3) is 0 Å². The van der Waals surface area contributed by atoms with E-state index in [0.29, 0.717) is 22.3 Å². The van der Waals surface area contributed by atoms with Gasteiger partial charge in [-0.1, -0.05) is 24.0 Å². The van der Waals surface area contributed by atoms with Gasteiger partial charge >= 0.3 is 6.18 Å². The third-order valence-corrected chi connectivity index (χ3v) is 4.71. The molecule has 0 bridgehead atoms. The normalized spacial score (nSPS) is 13.3. The highest BCUT2D eigenvalue weighted by atomic mass is 19.4. The molecule has 4 N–H and O–H groups in total. The third-order valence-electron chi connectivity index (χ3n) is 4.71. The molecular formula is C26H30F3N3O3. The molecule has 2 atom stereocenters. The van der Waals surface area contributed by atoms with Gasteiger partial charge in [0.2, 0.25) is 5.91 Å². The van der Waals surface area contributed by atoms with Crippen molar-refractivity contribution >= 4 is 11.8 Å². The van der Waals surface area contributed by atoms with E-state index in [9.17, 15) is 22.8 Å². The molecule has 0 saturated heterocycles. The van der Waals surface area contributed by atoms with Crippen LogP contribution in [0.4, 0.5) is 13.2 Å². The van der Waals surface area contributed by atoms with Crippen molar-refractivity contribution in [2.24, 2.45) is 5.73 Å². The van der Waals surface area contributed by atoms with E-state index in [-0.39, 0.29) is 6.54 Å². The van der Waals surface area contributed by atoms with Crippen molar-refractivity contribution in [3.05, 3.63) is 70.8 Å². The van der Waals surface area contributed by atoms with Gasteiger partial charge in [0.15, 0.2) is 0 Å². The summed E-state index contributed by atoms with van der Waals surface area (Å²) in [6.45, 7) is 6.25. The molecule has 2 amide bonds. The highest BCUT2D eigenvalue weighted by molar-refractivity contribution is 5.97. The van der Waals surface area contributed by atoms with Gasteiger partial charge in [-0.25, -0.2) is 0 Å². The number of carbonyl (C=O) groups is 2. The Labute approximate surface area is 203 Å². The number of alkyl halides is 3. The lowest BCUT2D eigenvalue weighted by atomic mass is 10.1. The number of halogens is 3. The molecule has 0 aliphatic heterocycles. The lowest BCUT2D eigenvalue weighted by molar-refractivity contribution is -0.128. The summed E-state index contributed by atoms with van der Waals surface area (Å²) in [6, 6.07) is 12.4. The second-order valence-electron chi connectivity index (χ2n) is 9.03. The molecule has 2 aromatic rings. The van der Waals surface area contributed by atoms with Gasteiger partial charge in [-0.15, -0.1) is 0 Å². The Morgan fingerprint density at radius 3 is 1.94 bits per heavy atom. The average Bonchev–Trinajstić information content (AvgIpc) is 2.74. The van der Waals surface area contributed by atoms with Crippen LogP contribution in [0, 0.1) is 11.8 Å². The average molecular weight is 490 g/mol. The quantitative estimate of drug-likeness (QED) is 0.495. The van der Waals surface area contributed by atoms with Crippen LogP contribution < -0.4 is 16.4 Å². The Kier molecular flexibility index (Phi) is 9.46. The number of benzene rings is 2. The van der Waals surface area contributed by atoms with Gasteiger partial charge < -0.3 is 21.1 Å². The molecular weight excluding hydrogens is 459 g/mol. The fraction of sp³-hybridized carbons (Fsp3) is 0.385. The van der Waals surface area contributed by atoms with Crippen molar-refractivity contribution in [3.8, 4) is 11.8 Å². The second-order valence-corrected chi connectivity index (χ2v) is 9.03. The Morgan fingerprint density at radius 1 is 0.971 bits per heavy atom. The summed E-state index contributed by atoms with van der Waals surface area (Å²) in [5.74, 6) is 4.78. The summed E-state index contributed by atoms with van der Waals surface area (Å²) >= 11 is 0. The smallest absolute Gasteiger partial charge is 0.370 e. The van der Waals surface area contributed by atoms with Crippen molar-refractivity contribution in [3.63, 3.8) is 0 Å². The minimum atomic E-state index is -4.25. The fourth-order valence-corrected chi connectivity index (χ4v) is 3.17. The largest absolute Gasteiger partial charge is 0.401 e. The maximum atomic E-state index is 12.6. The number of primary amides is 1. The Morgan fingerprint density at radius 2 is 1.49 bits per heavy atom. The lowest BCUT2D eigenvalue weighted by Crippen LogP contribution is -2.53. The Balaban J connectivity index is 1.98. The number of ether oxygens (including phenoxy) is 1. The third kappa shape index (κ3) is 10.2. The summed E-state index contributed by atoms with van der Waals surface area (Å²) in [7, 11) is 0. The van der Waals surface area contributed by atoms with Crippen LogP contribution in [0.3, 0.4) is 0 Å². The number of hydrogen-bond acceptors (Lipinski definition) is 4. The van der Waals surface area contributed by atoms with E-state index in [1.165, 1.54) is 0 Å². The number of rotatable bonds is 8. The van der Waals surface area contributed by atoms with Crippen LogP contribution in [0.2, 0.25) is 0 Å². The van der Waals surface area contributed by atoms with E-state index in [1.807, 2.05) is 20.8 Å². The standard InChI is InChI=1S/C26H30F3N3O3/c1-17(35-25(2,3)4)22(23(30)33)32-24(34)21-13-11-19(12-14-21)6-5-18-7-9-20(10-8-18)15-31-16-26(27,28)29/h7-14,17,22,31H,15-16H2,1-4H3,(H2,30,33)(H,32,34). The molecule has 2 aromatic carbocycles. The minimum Gasteiger partial charge on any atom is -0.370 e. The molecule has 35 heavy (non-hydrogen) atoms. The first-order valence-electron chi connectivity index (χ1n) is 11.0. The van der Waals surface area contributed by atoms with Crippen LogP contribution in [0.5, 0.6) is 0 Å². The van der Waals surface area contributed by atoms with Gasteiger partial charge in [0, 0.05) is 23.2 Å². The molecule has 9 heteroatoms. The van der Waals surface area contributed by atoms with Crippen LogP contribution in [-0.2, 0) is 16.1 Å². The van der Waals surface area contributed by atoms with Gasteiger partial charge in [-0.2, -0.15) is 13.2 Å². The van der Waals surface area contributed by atoms with Crippen LogP contribution >= 0.6 is 0 Å². The lowest BCUT2D eigenvalue weighted by Gasteiger charge is -2.29. The maximum absolute atomic E-state index is 12.6. The summed E-state index contributed by atoms with van der Waals surface area (Å²) in [5, 5.41) is 4.96. The zero-order chi connectivity index (χ0) is 26.2. The number of amides is 2. The van der Waals surface area contributed by atoms with Crippen LogP contribution in [0.1, 0.15) is 54.7 Å². The van der Waals surface area contributed by atoms with Crippen LogP contribution in [0.15, 0.2) is 48.5 Å². The van der Waals surface area contributed by atoms with Crippen LogP contribution in [-0.4, -0.2) is 42.3 Å². The van der Waals surface area contributed by atoms with Gasteiger partial charge in [0.1, 0.15) is 6.04 Å². The zero-order valence-corrected chi connectivity index (χ0v) is 20.1. The minimum absolute atomic E-state index is 0.106. The number of hydrogen-bond donors (Lipinski definition) is 3. The summed E-state index contributed by atoms with van der Waals surface area (Å²) < 4.78 is 42.3. The van der Waals surface area contributed by atoms with Crippen molar-refractivity contribution < 1.29 is 27.5 Å². The highest BCUT2D eigenvalue weighted by Crippen LogP contribution is 2.14. The molecule has 0 aliphatic rings. The van der Waals surface area contributed by atoms with Crippen molar-refractivity contribution in [1.82, 2.24) is 10.6 Å². The molecule has 188 valence electrons.